The summed E-state index contributed by atoms with van der Waals surface area (Å²) in [7, 11) is 1.65. The molecule has 0 spiro atoms. The average Bonchev–Trinajstić information content (AvgIpc) is 2.55. The maximum Gasteiger partial charge on any atom is 0.240 e. The van der Waals surface area contributed by atoms with Crippen LogP contribution in [0.3, 0.4) is 0 Å². The van der Waals surface area contributed by atoms with Crippen LogP contribution in [0.25, 0.3) is 0 Å². The monoisotopic (exact) mass is 352 g/mol. The normalized spacial score (nSPS) is 13.0. The Morgan fingerprint density at radius 3 is 2.17 bits per heavy atom. The zero-order chi connectivity index (χ0) is 17.7. The molecule has 0 heterocycles. The van der Waals surface area contributed by atoms with E-state index in [-0.39, 0.29) is 17.5 Å². The topological polar surface area (TPSA) is 58.6 Å². The second kappa shape index (κ2) is 7.74. The van der Waals surface area contributed by atoms with Gasteiger partial charge in [0.05, 0.1) is 12.0 Å². The fourth-order valence-electron chi connectivity index (χ4n) is 2.31. The Morgan fingerprint density at radius 2 is 1.67 bits per heavy atom. The highest BCUT2D eigenvalue weighted by Gasteiger charge is 2.19. The summed E-state index contributed by atoms with van der Waals surface area (Å²) in [5.74, 6) is 0.265. The predicted molar refractivity (Wildman–Crippen MR) is 91.0 cm³/mol. The molecular formula is C17H21FN2O3S. The van der Waals surface area contributed by atoms with Gasteiger partial charge in [0, 0.05) is 12.6 Å². The molecule has 0 amide bonds. The molecule has 130 valence electrons. The summed E-state index contributed by atoms with van der Waals surface area (Å²) in [4.78, 5) is 1.96. The molecule has 0 fully saturated rings. The van der Waals surface area contributed by atoms with Gasteiger partial charge in [-0.05, 0) is 56.1 Å². The first kappa shape index (κ1) is 18.4. The highest BCUT2D eigenvalue weighted by atomic mass is 32.2. The van der Waals surface area contributed by atoms with Crippen molar-refractivity contribution in [3.8, 4) is 5.75 Å². The molecule has 0 saturated heterocycles. The van der Waals surface area contributed by atoms with Gasteiger partial charge in [-0.2, -0.15) is 0 Å². The van der Waals surface area contributed by atoms with E-state index in [0.29, 0.717) is 0 Å². The number of nitrogens with zero attached hydrogens (tertiary/aromatic N) is 1. The lowest BCUT2D eigenvalue weighted by atomic mass is 10.1. The van der Waals surface area contributed by atoms with Crippen LogP contribution in [0.5, 0.6) is 5.75 Å². The third kappa shape index (κ3) is 4.53. The maximum atomic E-state index is 12.9. The Balaban J connectivity index is 2.14. The molecular weight excluding hydrogens is 331 g/mol. The largest absolute Gasteiger partial charge is 0.497 e. The minimum atomic E-state index is -3.69. The van der Waals surface area contributed by atoms with E-state index in [0.717, 1.165) is 23.4 Å². The summed E-state index contributed by atoms with van der Waals surface area (Å²) in [6, 6.07) is 12.1. The molecule has 0 saturated carbocycles. The summed E-state index contributed by atoms with van der Waals surface area (Å²) in [6.07, 6.45) is 0. The number of likely N-dealkylation sites (N-methyl/N-ethyl adjacent to an activating group) is 1. The predicted octanol–water partition coefficient (Wildman–Crippen LogP) is 2.42. The molecule has 0 radical (unpaired) electrons. The standard InChI is InChI=1S/C17H21FN2O3S/c1-20(2)17(13-4-8-15(23-3)9-5-13)12-19-24(21,22)16-10-6-14(18)7-11-16/h4-11,17,19H,12H2,1-3H3. The van der Waals surface area contributed by atoms with Crippen molar-refractivity contribution in [2.75, 3.05) is 27.7 Å². The molecule has 0 bridgehead atoms. The van der Waals surface area contributed by atoms with Crippen molar-refractivity contribution in [3.05, 3.63) is 59.9 Å². The van der Waals surface area contributed by atoms with Gasteiger partial charge in [0.1, 0.15) is 11.6 Å². The van der Waals surface area contributed by atoms with E-state index in [1.165, 1.54) is 12.1 Å². The van der Waals surface area contributed by atoms with Gasteiger partial charge in [-0.3, -0.25) is 0 Å². The van der Waals surface area contributed by atoms with Crippen LogP contribution in [0, 0.1) is 5.82 Å². The van der Waals surface area contributed by atoms with Crippen molar-refractivity contribution in [1.82, 2.24) is 9.62 Å². The summed E-state index contributed by atoms with van der Waals surface area (Å²) in [5, 5.41) is 0. The number of methoxy groups -OCH3 is 1. The zero-order valence-corrected chi connectivity index (χ0v) is 14.7. The third-order valence-electron chi connectivity index (χ3n) is 3.71. The van der Waals surface area contributed by atoms with E-state index in [1.807, 2.05) is 43.3 Å². The van der Waals surface area contributed by atoms with Crippen molar-refractivity contribution >= 4 is 10.0 Å². The summed E-state index contributed by atoms with van der Waals surface area (Å²) in [5.41, 5.74) is 0.961. The van der Waals surface area contributed by atoms with Gasteiger partial charge in [-0.1, -0.05) is 12.1 Å². The van der Waals surface area contributed by atoms with E-state index < -0.39 is 15.8 Å². The first-order chi connectivity index (χ1) is 11.3. The smallest absolute Gasteiger partial charge is 0.240 e. The molecule has 5 nitrogen and oxygen atoms in total. The molecule has 0 aliphatic carbocycles. The lowest BCUT2D eigenvalue weighted by molar-refractivity contribution is 0.299. The Hall–Kier alpha value is -1.96. The molecule has 1 unspecified atom stereocenters. The second-order valence-corrected chi connectivity index (χ2v) is 7.33. The second-order valence-electron chi connectivity index (χ2n) is 5.56. The Labute approximate surface area is 142 Å². The van der Waals surface area contributed by atoms with Crippen LogP contribution in [0.15, 0.2) is 53.4 Å². The number of sulfonamides is 1. The molecule has 7 heteroatoms. The quantitative estimate of drug-likeness (QED) is 0.831. The highest BCUT2D eigenvalue weighted by Crippen LogP contribution is 2.21. The minimum absolute atomic E-state index is 0.0381. The van der Waals surface area contributed by atoms with E-state index in [2.05, 4.69) is 4.72 Å². The molecule has 0 aromatic heterocycles. The number of nitrogens with one attached hydrogen (secondary N) is 1. The Bertz CT molecular complexity index is 759. The molecule has 0 aliphatic rings. The zero-order valence-electron chi connectivity index (χ0n) is 13.9. The van der Waals surface area contributed by atoms with Crippen LogP contribution in [0.4, 0.5) is 4.39 Å². The van der Waals surface area contributed by atoms with Crippen LogP contribution in [0.1, 0.15) is 11.6 Å². The van der Waals surface area contributed by atoms with Crippen molar-refractivity contribution in [2.45, 2.75) is 10.9 Å². The number of benzene rings is 2. The van der Waals surface area contributed by atoms with Gasteiger partial charge < -0.3 is 9.64 Å². The SMILES string of the molecule is COc1ccc(C(CNS(=O)(=O)c2ccc(F)cc2)N(C)C)cc1. The minimum Gasteiger partial charge on any atom is -0.497 e. The van der Waals surface area contributed by atoms with E-state index in [4.69, 9.17) is 4.74 Å². The lowest BCUT2D eigenvalue weighted by Crippen LogP contribution is -2.34. The molecule has 2 aromatic rings. The number of hydrogen-bond donors (Lipinski definition) is 1. The van der Waals surface area contributed by atoms with Gasteiger partial charge >= 0.3 is 0 Å². The Kier molecular flexibility index (Phi) is 5.93. The fourth-order valence-corrected chi connectivity index (χ4v) is 3.35. The molecule has 2 rings (SSSR count). The number of rotatable bonds is 7. The van der Waals surface area contributed by atoms with E-state index >= 15 is 0 Å². The molecule has 0 aliphatic heterocycles. The third-order valence-corrected chi connectivity index (χ3v) is 5.15. The van der Waals surface area contributed by atoms with Crippen molar-refractivity contribution < 1.29 is 17.5 Å². The average molecular weight is 352 g/mol. The van der Waals surface area contributed by atoms with Crippen molar-refractivity contribution in [2.24, 2.45) is 0 Å². The number of halogens is 1. The van der Waals surface area contributed by atoms with Crippen molar-refractivity contribution in [3.63, 3.8) is 0 Å². The fraction of sp³-hybridized carbons (Fsp3) is 0.294. The van der Waals surface area contributed by atoms with Gasteiger partial charge in [-0.15, -0.1) is 0 Å². The van der Waals surface area contributed by atoms with E-state index in [1.54, 1.807) is 7.11 Å². The van der Waals surface area contributed by atoms with Gasteiger partial charge in [0.2, 0.25) is 10.0 Å². The van der Waals surface area contributed by atoms with Crippen LogP contribution >= 0.6 is 0 Å². The lowest BCUT2D eigenvalue weighted by Gasteiger charge is -2.25. The highest BCUT2D eigenvalue weighted by molar-refractivity contribution is 7.89. The first-order valence-electron chi connectivity index (χ1n) is 7.39. The van der Waals surface area contributed by atoms with Gasteiger partial charge in [-0.25, -0.2) is 17.5 Å². The van der Waals surface area contributed by atoms with Gasteiger partial charge in [0.15, 0.2) is 0 Å². The van der Waals surface area contributed by atoms with Crippen molar-refractivity contribution in [1.29, 1.82) is 0 Å². The molecule has 2 aromatic carbocycles. The number of hydrogen-bond acceptors (Lipinski definition) is 4. The molecule has 1 N–H and O–H groups in total. The Morgan fingerprint density at radius 1 is 1.08 bits per heavy atom. The van der Waals surface area contributed by atoms with Gasteiger partial charge in [0.25, 0.3) is 0 Å². The molecule has 1 atom stereocenters. The van der Waals surface area contributed by atoms with Crippen LogP contribution in [-0.4, -0.2) is 41.1 Å². The summed E-state index contributed by atoms with van der Waals surface area (Å²) in [6.45, 7) is 0.193. The van der Waals surface area contributed by atoms with E-state index in [9.17, 15) is 12.8 Å². The van der Waals surface area contributed by atoms with Crippen LogP contribution < -0.4 is 9.46 Å². The summed E-state index contributed by atoms with van der Waals surface area (Å²) < 4.78 is 45.3. The number of ether oxygens (including phenoxy) is 1. The van der Waals surface area contributed by atoms with Crippen LogP contribution in [0.2, 0.25) is 0 Å². The molecule has 24 heavy (non-hydrogen) atoms. The first-order valence-corrected chi connectivity index (χ1v) is 8.87. The summed E-state index contributed by atoms with van der Waals surface area (Å²) >= 11 is 0. The van der Waals surface area contributed by atoms with Crippen LogP contribution in [-0.2, 0) is 10.0 Å². The maximum absolute atomic E-state index is 12.9.